The zero-order valence-electron chi connectivity index (χ0n) is 16.1. The second-order valence-electron chi connectivity index (χ2n) is 7.77. The Kier molecular flexibility index (Phi) is 5.20. The van der Waals surface area contributed by atoms with Crippen LogP contribution in [0.25, 0.3) is 11.0 Å². The van der Waals surface area contributed by atoms with Crippen LogP contribution in [0.3, 0.4) is 0 Å². The van der Waals surface area contributed by atoms with Crippen LogP contribution in [0.4, 0.5) is 11.6 Å². The van der Waals surface area contributed by atoms with Crippen LogP contribution in [0.15, 0.2) is 42.5 Å². The number of nitrogens with one attached hydrogen (secondary N) is 1. The Balaban J connectivity index is 1.34. The van der Waals surface area contributed by atoms with Gasteiger partial charge in [0.2, 0.25) is 0 Å². The van der Waals surface area contributed by atoms with Crippen molar-refractivity contribution >= 4 is 45.9 Å². The monoisotopic (exact) mass is 427 g/mol. The fourth-order valence-electron chi connectivity index (χ4n) is 3.75. The number of para-hydroxylation sites is 2. The average molecular weight is 428 g/mol. The highest BCUT2D eigenvalue weighted by Crippen LogP contribution is 2.32. The van der Waals surface area contributed by atoms with Gasteiger partial charge in [-0.3, -0.25) is 4.90 Å². The molecule has 0 bridgehead atoms. The molecule has 0 radical (unpaired) electrons. The number of rotatable bonds is 5. The molecule has 0 spiro atoms. The third-order valence-corrected chi connectivity index (χ3v) is 6.29. The summed E-state index contributed by atoms with van der Waals surface area (Å²) in [7, 11) is 0. The Morgan fingerprint density at radius 2 is 1.52 bits per heavy atom. The number of fused-ring (bicyclic) bond motifs is 1. The van der Waals surface area contributed by atoms with Crippen LogP contribution in [0.2, 0.25) is 10.0 Å². The Morgan fingerprint density at radius 1 is 0.862 bits per heavy atom. The molecule has 5 rings (SSSR count). The highest BCUT2D eigenvalue weighted by molar-refractivity contribution is 6.35. The van der Waals surface area contributed by atoms with Gasteiger partial charge >= 0.3 is 0 Å². The van der Waals surface area contributed by atoms with Gasteiger partial charge in [0.15, 0.2) is 11.6 Å². The number of anilines is 2. The first kappa shape index (κ1) is 18.9. The topological polar surface area (TPSA) is 44.3 Å². The van der Waals surface area contributed by atoms with E-state index in [2.05, 4.69) is 15.1 Å². The highest BCUT2D eigenvalue weighted by Gasteiger charge is 2.27. The predicted octanol–water partition coefficient (Wildman–Crippen LogP) is 4.83. The summed E-state index contributed by atoms with van der Waals surface area (Å²) in [6.45, 7) is 4.42. The van der Waals surface area contributed by atoms with Crippen molar-refractivity contribution in [2.24, 2.45) is 0 Å². The van der Waals surface area contributed by atoms with Gasteiger partial charge in [-0.05, 0) is 37.1 Å². The van der Waals surface area contributed by atoms with E-state index in [0.717, 1.165) is 71.0 Å². The molecule has 2 heterocycles. The van der Waals surface area contributed by atoms with E-state index in [9.17, 15) is 0 Å². The second kappa shape index (κ2) is 7.98. The molecule has 3 aromatic rings. The molecule has 1 saturated heterocycles. The Labute approximate surface area is 180 Å². The number of aromatic nitrogens is 2. The summed E-state index contributed by atoms with van der Waals surface area (Å²) in [5, 5.41) is 5.04. The van der Waals surface area contributed by atoms with Crippen LogP contribution in [-0.2, 0) is 6.54 Å². The van der Waals surface area contributed by atoms with Gasteiger partial charge in [-0.15, -0.1) is 0 Å². The van der Waals surface area contributed by atoms with Crippen LogP contribution in [0.1, 0.15) is 18.4 Å². The van der Waals surface area contributed by atoms with E-state index in [1.54, 1.807) is 0 Å². The molecule has 7 heteroatoms. The predicted molar refractivity (Wildman–Crippen MR) is 120 cm³/mol. The van der Waals surface area contributed by atoms with Crippen LogP contribution >= 0.6 is 23.2 Å². The molecule has 29 heavy (non-hydrogen) atoms. The molecule has 1 aliphatic carbocycles. The highest BCUT2D eigenvalue weighted by atomic mass is 35.5. The summed E-state index contributed by atoms with van der Waals surface area (Å²) in [5.41, 5.74) is 2.88. The zero-order valence-corrected chi connectivity index (χ0v) is 17.6. The quantitative estimate of drug-likeness (QED) is 0.631. The molecule has 1 N–H and O–H groups in total. The summed E-state index contributed by atoms with van der Waals surface area (Å²) >= 11 is 12.7. The van der Waals surface area contributed by atoms with E-state index in [1.807, 2.05) is 42.5 Å². The van der Waals surface area contributed by atoms with Crippen molar-refractivity contribution in [1.82, 2.24) is 14.9 Å². The summed E-state index contributed by atoms with van der Waals surface area (Å²) in [6, 6.07) is 14.3. The molecular weight excluding hydrogens is 405 g/mol. The lowest BCUT2D eigenvalue weighted by atomic mass is 10.2. The molecule has 2 fully saturated rings. The number of hydrogen-bond donors (Lipinski definition) is 1. The summed E-state index contributed by atoms with van der Waals surface area (Å²) < 4.78 is 0. The van der Waals surface area contributed by atoms with E-state index in [-0.39, 0.29) is 0 Å². The molecule has 0 amide bonds. The van der Waals surface area contributed by atoms with Crippen LogP contribution in [0, 0.1) is 0 Å². The normalized spacial score (nSPS) is 17.7. The second-order valence-corrected chi connectivity index (χ2v) is 8.58. The lowest BCUT2D eigenvalue weighted by Crippen LogP contribution is -2.46. The molecule has 2 aliphatic rings. The minimum atomic E-state index is 0.535. The first-order valence-corrected chi connectivity index (χ1v) is 10.9. The third-order valence-electron chi connectivity index (χ3n) is 5.59. The number of benzene rings is 2. The lowest BCUT2D eigenvalue weighted by molar-refractivity contribution is 0.249. The largest absolute Gasteiger partial charge is 0.364 e. The van der Waals surface area contributed by atoms with Gasteiger partial charge in [0, 0.05) is 54.4 Å². The van der Waals surface area contributed by atoms with Crippen molar-refractivity contribution in [3.8, 4) is 0 Å². The molecule has 5 nitrogen and oxygen atoms in total. The van der Waals surface area contributed by atoms with E-state index in [1.165, 1.54) is 12.8 Å². The standard InChI is InChI=1S/C22H23Cl2N5/c23-17-4-3-5-18(24)16(17)14-28-10-12-29(13-11-28)22-21(25-15-8-9-15)26-19-6-1-2-7-20(19)27-22/h1-7,15H,8-14H2,(H,25,26). The maximum atomic E-state index is 6.36. The van der Waals surface area contributed by atoms with E-state index in [4.69, 9.17) is 33.2 Å². The van der Waals surface area contributed by atoms with Gasteiger partial charge in [-0.1, -0.05) is 41.4 Å². The fraction of sp³-hybridized carbons (Fsp3) is 0.364. The summed E-state index contributed by atoms with van der Waals surface area (Å²) in [5.74, 6) is 1.87. The van der Waals surface area contributed by atoms with Crippen LogP contribution in [0.5, 0.6) is 0 Å². The van der Waals surface area contributed by atoms with Crippen molar-refractivity contribution in [1.29, 1.82) is 0 Å². The fourth-order valence-corrected chi connectivity index (χ4v) is 4.27. The molecule has 0 atom stereocenters. The first-order valence-electron chi connectivity index (χ1n) is 10.1. The Bertz CT molecular complexity index is 1010. The van der Waals surface area contributed by atoms with Gasteiger partial charge in [-0.2, -0.15) is 0 Å². The molecular formula is C22H23Cl2N5. The SMILES string of the molecule is Clc1cccc(Cl)c1CN1CCN(c2nc3ccccc3nc2NC2CC2)CC1. The molecule has 2 aromatic carbocycles. The van der Waals surface area contributed by atoms with Gasteiger partial charge < -0.3 is 10.2 Å². The number of nitrogens with zero attached hydrogens (tertiary/aromatic N) is 4. The maximum absolute atomic E-state index is 6.36. The van der Waals surface area contributed by atoms with E-state index >= 15 is 0 Å². The maximum Gasteiger partial charge on any atom is 0.172 e. The number of piperazine rings is 1. The van der Waals surface area contributed by atoms with Crippen molar-refractivity contribution in [2.75, 3.05) is 36.4 Å². The Hall–Kier alpha value is -2.08. The van der Waals surface area contributed by atoms with Crippen molar-refractivity contribution in [3.63, 3.8) is 0 Å². The van der Waals surface area contributed by atoms with Crippen molar-refractivity contribution < 1.29 is 0 Å². The number of halogens is 2. The van der Waals surface area contributed by atoms with Gasteiger partial charge in [0.25, 0.3) is 0 Å². The van der Waals surface area contributed by atoms with E-state index < -0.39 is 0 Å². The third kappa shape index (κ3) is 4.13. The minimum absolute atomic E-state index is 0.535. The molecule has 150 valence electrons. The van der Waals surface area contributed by atoms with Crippen LogP contribution < -0.4 is 10.2 Å². The number of hydrogen-bond acceptors (Lipinski definition) is 5. The molecule has 1 saturated carbocycles. The smallest absolute Gasteiger partial charge is 0.172 e. The molecule has 1 aliphatic heterocycles. The van der Waals surface area contributed by atoms with Crippen molar-refractivity contribution in [3.05, 3.63) is 58.1 Å². The van der Waals surface area contributed by atoms with Gasteiger partial charge in [0.05, 0.1) is 11.0 Å². The summed E-state index contributed by atoms with van der Waals surface area (Å²) in [6.07, 6.45) is 2.42. The zero-order chi connectivity index (χ0) is 19.8. The summed E-state index contributed by atoms with van der Waals surface area (Å²) in [4.78, 5) is 14.6. The minimum Gasteiger partial charge on any atom is -0.364 e. The van der Waals surface area contributed by atoms with E-state index in [0.29, 0.717) is 6.04 Å². The average Bonchev–Trinajstić information content (AvgIpc) is 3.55. The molecule has 0 unspecified atom stereocenters. The van der Waals surface area contributed by atoms with Crippen LogP contribution in [-0.4, -0.2) is 47.1 Å². The van der Waals surface area contributed by atoms with Gasteiger partial charge in [0.1, 0.15) is 0 Å². The first-order chi connectivity index (χ1) is 14.2. The van der Waals surface area contributed by atoms with Crippen molar-refractivity contribution in [2.45, 2.75) is 25.4 Å². The Morgan fingerprint density at radius 3 is 2.17 bits per heavy atom. The van der Waals surface area contributed by atoms with Gasteiger partial charge in [-0.25, -0.2) is 9.97 Å². The lowest BCUT2D eigenvalue weighted by Gasteiger charge is -2.36. The molecule has 1 aromatic heterocycles.